The van der Waals surface area contributed by atoms with Gasteiger partial charge in [0.15, 0.2) is 0 Å². The van der Waals surface area contributed by atoms with Crippen LogP contribution in [0.25, 0.3) is 5.78 Å². The van der Waals surface area contributed by atoms with Crippen LogP contribution in [-0.2, 0) is 6.42 Å². The maximum Gasteiger partial charge on any atom is 0.291 e. The summed E-state index contributed by atoms with van der Waals surface area (Å²) in [6.45, 7) is 4.17. The molecule has 1 aromatic carbocycles. The Morgan fingerprint density at radius 2 is 1.96 bits per heavy atom. The third-order valence-electron chi connectivity index (χ3n) is 3.43. The molecule has 2 aromatic heterocycles. The van der Waals surface area contributed by atoms with E-state index in [4.69, 9.17) is 0 Å². The molecule has 0 saturated heterocycles. The summed E-state index contributed by atoms with van der Waals surface area (Å²) in [5.41, 5.74) is 2.64. The molecule has 0 aliphatic heterocycles. The lowest BCUT2D eigenvalue weighted by molar-refractivity contribution is 0.0944. The minimum Gasteiger partial charge on any atom is -0.349 e. The van der Waals surface area contributed by atoms with Gasteiger partial charge in [0.05, 0.1) is 0 Å². The number of nitrogens with zero attached hydrogens (tertiary/aromatic N) is 4. The van der Waals surface area contributed by atoms with Crippen LogP contribution < -0.4 is 5.32 Å². The van der Waals surface area contributed by atoms with Gasteiger partial charge in [0.25, 0.3) is 11.7 Å². The van der Waals surface area contributed by atoms with Crippen molar-refractivity contribution in [3.05, 3.63) is 58.9 Å². The van der Waals surface area contributed by atoms with Crippen LogP contribution in [0, 0.1) is 19.7 Å². The first kappa shape index (κ1) is 15.1. The van der Waals surface area contributed by atoms with Gasteiger partial charge in [0.2, 0.25) is 5.82 Å². The number of amides is 1. The average molecular weight is 313 g/mol. The van der Waals surface area contributed by atoms with Crippen molar-refractivity contribution in [1.82, 2.24) is 24.9 Å². The predicted molar refractivity (Wildman–Crippen MR) is 82.7 cm³/mol. The fourth-order valence-electron chi connectivity index (χ4n) is 2.31. The summed E-state index contributed by atoms with van der Waals surface area (Å²) < 4.78 is 14.4. The highest BCUT2D eigenvalue weighted by Crippen LogP contribution is 2.06. The van der Waals surface area contributed by atoms with E-state index in [1.54, 1.807) is 16.6 Å². The number of hydrogen-bond acceptors (Lipinski definition) is 4. The molecule has 3 rings (SSSR count). The minimum atomic E-state index is -0.352. The van der Waals surface area contributed by atoms with Crippen molar-refractivity contribution < 1.29 is 9.18 Å². The van der Waals surface area contributed by atoms with E-state index in [9.17, 15) is 9.18 Å². The Bertz CT molecular complexity index is 857. The summed E-state index contributed by atoms with van der Waals surface area (Å²) >= 11 is 0. The van der Waals surface area contributed by atoms with Gasteiger partial charge in [-0.05, 0) is 44.0 Å². The lowest BCUT2D eigenvalue weighted by Gasteiger charge is -2.02. The highest BCUT2D eigenvalue weighted by atomic mass is 19.1. The number of aryl methyl sites for hydroxylation is 2. The maximum absolute atomic E-state index is 12.8. The molecule has 0 radical (unpaired) electrons. The van der Waals surface area contributed by atoms with Gasteiger partial charge < -0.3 is 5.32 Å². The van der Waals surface area contributed by atoms with Crippen LogP contribution in [0.3, 0.4) is 0 Å². The molecule has 0 atom stereocenters. The highest BCUT2D eigenvalue weighted by molar-refractivity contribution is 5.90. The zero-order valence-corrected chi connectivity index (χ0v) is 12.9. The van der Waals surface area contributed by atoms with Crippen molar-refractivity contribution in [3.63, 3.8) is 0 Å². The lowest BCUT2D eigenvalue weighted by atomic mass is 10.1. The van der Waals surface area contributed by atoms with Gasteiger partial charge in [0.1, 0.15) is 5.82 Å². The highest BCUT2D eigenvalue weighted by Gasteiger charge is 2.14. The van der Waals surface area contributed by atoms with Crippen LogP contribution in [0.2, 0.25) is 0 Å². The van der Waals surface area contributed by atoms with E-state index in [0.717, 1.165) is 17.0 Å². The molecule has 0 spiro atoms. The molecule has 0 unspecified atom stereocenters. The maximum atomic E-state index is 12.8. The van der Waals surface area contributed by atoms with Gasteiger partial charge >= 0.3 is 0 Å². The Hall–Kier alpha value is -2.83. The van der Waals surface area contributed by atoms with Crippen LogP contribution in [-0.4, -0.2) is 32.0 Å². The van der Waals surface area contributed by atoms with E-state index in [0.29, 0.717) is 18.7 Å². The van der Waals surface area contributed by atoms with Crippen molar-refractivity contribution in [2.75, 3.05) is 6.54 Å². The monoisotopic (exact) mass is 313 g/mol. The number of halogens is 1. The van der Waals surface area contributed by atoms with Crippen molar-refractivity contribution in [2.45, 2.75) is 20.3 Å². The van der Waals surface area contributed by atoms with Crippen LogP contribution in [0.4, 0.5) is 4.39 Å². The Labute approximate surface area is 132 Å². The number of fused-ring (bicyclic) bond motifs is 1. The van der Waals surface area contributed by atoms with Gasteiger partial charge in [-0.1, -0.05) is 12.1 Å². The molecule has 6 nitrogen and oxygen atoms in total. The zero-order valence-electron chi connectivity index (χ0n) is 12.9. The third-order valence-corrected chi connectivity index (χ3v) is 3.43. The molecule has 0 fully saturated rings. The van der Waals surface area contributed by atoms with Crippen molar-refractivity contribution in [3.8, 4) is 0 Å². The van der Waals surface area contributed by atoms with Gasteiger partial charge in [-0.15, -0.1) is 5.10 Å². The fourth-order valence-corrected chi connectivity index (χ4v) is 2.31. The summed E-state index contributed by atoms with van der Waals surface area (Å²) in [5, 5.41) is 6.93. The number of carbonyl (C=O) groups excluding carboxylic acids is 1. The quantitative estimate of drug-likeness (QED) is 0.798. The number of carbonyl (C=O) groups is 1. The molecular formula is C16H16FN5O. The Balaban J connectivity index is 1.66. The molecule has 118 valence electrons. The van der Waals surface area contributed by atoms with Crippen molar-refractivity contribution >= 4 is 11.7 Å². The molecule has 0 aliphatic carbocycles. The number of nitrogens with one attached hydrogen (secondary N) is 1. The third kappa shape index (κ3) is 3.33. The summed E-state index contributed by atoms with van der Waals surface area (Å²) in [5.74, 6) is -0.129. The topological polar surface area (TPSA) is 72.2 Å². The summed E-state index contributed by atoms with van der Waals surface area (Å²) in [6.07, 6.45) is 0.607. The number of aromatic nitrogens is 4. The normalized spacial score (nSPS) is 10.9. The van der Waals surface area contributed by atoms with Gasteiger partial charge in [-0.2, -0.15) is 4.98 Å². The largest absolute Gasteiger partial charge is 0.349 e. The zero-order chi connectivity index (χ0) is 16.4. The molecule has 3 aromatic rings. The average Bonchev–Trinajstić information content (AvgIpc) is 2.93. The van der Waals surface area contributed by atoms with Crippen LogP contribution in [0.1, 0.15) is 27.6 Å². The molecule has 7 heteroatoms. The smallest absolute Gasteiger partial charge is 0.291 e. The fraction of sp³-hybridized carbons (Fsp3) is 0.250. The number of rotatable bonds is 4. The van der Waals surface area contributed by atoms with Crippen molar-refractivity contribution in [2.24, 2.45) is 0 Å². The number of benzene rings is 1. The van der Waals surface area contributed by atoms with Crippen molar-refractivity contribution in [1.29, 1.82) is 0 Å². The van der Waals surface area contributed by atoms with Crippen LogP contribution in [0.15, 0.2) is 30.3 Å². The SMILES string of the molecule is Cc1cc(C)n2nc(C(=O)NCCc3ccc(F)cc3)nc2n1. The predicted octanol–water partition coefficient (Wildman–Crippen LogP) is 1.85. The van der Waals surface area contributed by atoms with Crippen LogP contribution >= 0.6 is 0 Å². The second-order valence-corrected chi connectivity index (χ2v) is 5.32. The second kappa shape index (κ2) is 6.12. The van der Waals surface area contributed by atoms with Gasteiger partial charge in [-0.3, -0.25) is 4.79 Å². The van der Waals surface area contributed by atoms with E-state index in [1.807, 2.05) is 19.9 Å². The molecule has 1 amide bonds. The Morgan fingerprint density at radius 3 is 2.70 bits per heavy atom. The van der Waals surface area contributed by atoms with E-state index in [-0.39, 0.29) is 17.5 Å². The summed E-state index contributed by atoms with van der Waals surface area (Å²) in [4.78, 5) is 20.5. The molecule has 0 bridgehead atoms. The minimum absolute atomic E-state index is 0.0882. The lowest BCUT2D eigenvalue weighted by Crippen LogP contribution is -2.26. The molecule has 1 N–H and O–H groups in total. The molecular weight excluding hydrogens is 297 g/mol. The first-order valence-electron chi connectivity index (χ1n) is 7.26. The standard InChI is InChI=1S/C16H16FN5O/c1-10-9-11(2)22-16(19-10)20-14(21-22)15(23)18-8-7-12-3-5-13(17)6-4-12/h3-6,9H,7-8H2,1-2H3,(H,18,23). The van der Waals surface area contributed by atoms with Crippen LogP contribution in [0.5, 0.6) is 0 Å². The van der Waals surface area contributed by atoms with Gasteiger partial charge in [-0.25, -0.2) is 13.9 Å². The second-order valence-electron chi connectivity index (χ2n) is 5.32. The van der Waals surface area contributed by atoms with E-state index >= 15 is 0 Å². The number of hydrogen-bond donors (Lipinski definition) is 1. The molecule has 0 aliphatic rings. The summed E-state index contributed by atoms with van der Waals surface area (Å²) in [6, 6.07) is 8.06. The first-order valence-corrected chi connectivity index (χ1v) is 7.26. The van der Waals surface area contributed by atoms with E-state index < -0.39 is 0 Å². The first-order chi connectivity index (χ1) is 11.0. The molecule has 23 heavy (non-hydrogen) atoms. The van der Waals surface area contributed by atoms with Gasteiger partial charge in [0, 0.05) is 17.9 Å². The Morgan fingerprint density at radius 1 is 1.22 bits per heavy atom. The molecule has 0 saturated carbocycles. The van der Waals surface area contributed by atoms with E-state index in [1.165, 1.54) is 12.1 Å². The summed E-state index contributed by atoms with van der Waals surface area (Å²) in [7, 11) is 0. The van der Waals surface area contributed by atoms with E-state index in [2.05, 4.69) is 20.4 Å². The molecule has 2 heterocycles. The Kier molecular flexibility index (Phi) is 4.01.